The number of benzene rings is 2. The first-order valence-corrected chi connectivity index (χ1v) is 11.7. The van der Waals surface area contributed by atoms with Crippen molar-refractivity contribution in [3.63, 3.8) is 0 Å². The summed E-state index contributed by atoms with van der Waals surface area (Å²) in [5.74, 6) is 0.465. The van der Waals surface area contributed by atoms with Crippen LogP contribution in [0.1, 0.15) is 36.5 Å². The number of ether oxygens (including phenoxy) is 1. The minimum Gasteiger partial charge on any atom is -0.497 e. The maximum Gasteiger partial charge on any atom is 0.322 e. The van der Waals surface area contributed by atoms with E-state index in [1.54, 1.807) is 31.4 Å². The van der Waals surface area contributed by atoms with Crippen LogP contribution in [0.4, 0.5) is 6.01 Å². The number of aromatic nitrogens is 2. The van der Waals surface area contributed by atoms with Crippen LogP contribution >= 0.6 is 0 Å². The summed E-state index contributed by atoms with van der Waals surface area (Å²) < 4.78 is 38.0. The predicted octanol–water partition coefficient (Wildman–Crippen LogP) is 3.56. The van der Waals surface area contributed by atoms with Crippen LogP contribution < -0.4 is 10.1 Å². The Bertz CT molecular complexity index is 1190. The van der Waals surface area contributed by atoms with Crippen molar-refractivity contribution < 1.29 is 22.4 Å². The van der Waals surface area contributed by atoms with Crippen LogP contribution in [-0.4, -0.2) is 48.5 Å². The number of sulfonamides is 1. The first-order chi connectivity index (χ1) is 15.4. The zero-order chi connectivity index (χ0) is 22.7. The number of hydrogen-bond acceptors (Lipinski definition) is 7. The first kappa shape index (κ1) is 22.0. The third kappa shape index (κ3) is 4.51. The number of nitrogens with one attached hydrogen (secondary N) is 1. The molecule has 2 heterocycles. The van der Waals surface area contributed by atoms with Gasteiger partial charge in [-0.25, -0.2) is 8.42 Å². The molecule has 10 heteroatoms. The van der Waals surface area contributed by atoms with Gasteiger partial charge in [0.15, 0.2) is 0 Å². The molecular formula is C22H24N4O5S. The van der Waals surface area contributed by atoms with Crippen molar-refractivity contribution in [1.82, 2.24) is 14.5 Å². The second kappa shape index (κ2) is 9.09. The summed E-state index contributed by atoms with van der Waals surface area (Å²) in [6.07, 6.45) is 2.73. The predicted molar refractivity (Wildman–Crippen MR) is 118 cm³/mol. The molecule has 0 bridgehead atoms. The number of amides is 1. The van der Waals surface area contributed by atoms with E-state index in [4.69, 9.17) is 9.15 Å². The molecule has 0 saturated carbocycles. The van der Waals surface area contributed by atoms with E-state index in [2.05, 4.69) is 15.5 Å². The van der Waals surface area contributed by atoms with Crippen molar-refractivity contribution in [2.24, 2.45) is 0 Å². The minimum absolute atomic E-state index is 0.0332. The second-order valence-electron chi connectivity index (χ2n) is 7.58. The third-order valence-electron chi connectivity index (χ3n) is 5.45. The number of rotatable bonds is 6. The van der Waals surface area contributed by atoms with E-state index >= 15 is 0 Å². The van der Waals surface area contributed by atoms with Gasteiger partial charge in [0.05, 0.1) is 12.0 Å². The van der Waals surface area contributed by atoms with E-state index in [-0.39, 0.29) is 28.4 Å². The molecule has 0 aliphatic carbocycles. The minimum atomic E-state index is -3.59. The Hall–Kier alpha value is -3.24. The molecule has 1 aliphatic heterocycles. The Kier molecular flexibility index (Phi) is 6.24. The van der Waals surface area contributed by atoms with E-state index in [1.165, 1.54) is 28.6 Å². The number of carbonyl (C=O) groups is 1. The molecule has 1 aromatic heterocycles. The molecule has 4 rings (SSSR count). The highest BCUT2D eigenvalue weighted by atomic mass is 32.2. The molecule has 1 N–H and O–H groups in total. The SMILES string of the molecule is COc1ccc(-c2nnc(NC(=O)c3ccc(S(=O)(=O)N4CCCCC4C)cc3)o2)cc1. The van der Waals surface area contributed by atoms with Gasteiger partial charge in [0, 0.05) is 23.7 Å². The van der Waals surface area contributed by atoms with Crippen LogP contribution in [0.15, 0.2) is 57.8 Å². The van der Waals surface area contributed by atoms with Crippen molar-refractivity contribution in [3.8, 4) is 17.2 Å². The van der Waals surface area contributed by atoms with Crippen molar-refractivity contribution in [2.45, 2.75) is 37.1 Å². The maximum absolute atomic E-state index is 12.9. The molecule has 1 atom stereocenters. The Morgan fingerprint density at radius 3 is 2.47 bits per heavy atom. The van der Waals surface area contributed by atoms with Gasteiger partial charge in [0.25, 0.3) is 5.91 Å². The average molecular weight is 457 g/mol. The summed E-state index contributed by atoms with van der Waals surface area (Å²) >= 11 is 0. The van der Waals surface area contributed by atoms with Crippen molar-refractivity contribution in [3.05, 3.63) is 54.1 Å². The van der Waals surface area contributed by atoms with Gasteiger partial charge in [-0.1, -0.05) is 11.5 Å². The van der Waals surface area contributed by atoms with Gasteiger partial charge in [-0.2, -0.15) is 4.31 Å². The van der Waals surface area contributed by atoms with Crippen LogP contribution in [-0.2, 0) is 10.0 Å². The van der Waals surface area contributed by atoms with Crippen LogP contribution in [0.2, 0.25) is 0 Å². The van der Waals surface area contributed by atoms with Gasteiger partial charge in [-0.15, -0.1) is 5.10 Å². The summed E-state index contributed by atoms with van der Waals surface area (Å²) in [5.41, 5.74) is 0.958. The second-order valence-corrected chi connectivity index (χ2v) is 9.47. The van der Waals surface area contributed by atoms with Gasteiger partial charge < -0.3 is 9.15 Å². The lowest BCUT2D eigenvalue weighted by atomic mass is 10.1. The first-order valence-electron chi connectivity index (χ1n) is 10.3. The Morgan fingerprint density at radius 1 is 1.09 bits per heavy atom. The molecule has 9 nitrogen and oxygen atoms in total. The van der Waals surface area contributed by atoms with Crippen molar-refractivity contribution in [2.75, 3.05) is 19.0 Å². The lowest BCUT2D eigenvalue weighted by molar-refractivity contribution is 0.102. The van der Waals surface area contributed by atoms with Crippen LogP contribution in [0.3, 0.4) is 0 Å². The highest BCUT2D eigenvalue weighted by Gasteiger charge is 2.31. The number of methoxy groups -OCH3 is 1. The van der Waals surface area contributed by atoms with Crippen molar-refractivity contribution >= 4 is 21.9 Å². The quantitative estimate of drug-likeness (QED) is 0.603. The van der Waals surface area contributed by atoms with Crippen LogP contribution in [0.25, 0.3) is 11.5 Å². The summed E-state index contributed by atoms with van der Waals surface area (Å²) in [7, 11) is -2.02. The average Bonchev–Trinajstić information content (AvgIpc) is 3.28. The summed E-state index contributed by atoms with van der Waals surface area (Å²) in [4.78, 5) is 12.7. The van der Waals surface area contributed by atoms with Gasteiger partial charge in [0.1, 0.15) is 5.75 Å². The zero-order valence-electron chi connectivity index (χ0n) is 17.8. The molecule has 1 aliphatic rings. The number of carbonyl (C=O) groups excluding carboxylic acids is 1. The van der Waals surface area contributed by atoms with Gasteiger partial charge >= 0.3 is 6.01 Å². The molecule has 0 radical (unpaired) electrons. The number of anilines is 1. The van der Waals surface area contributed by atoms with E-state index < -0.39 is 15.9 Å². The molecule has 1 unspecified atom stereocenters. The van der Waals surface area contributed by atoms with E-state index in [1.807, 2.05) is 6.92 Å². The summed E-state index contributed by atoms with van der Waals surface area (Å²) in [6, 6.07) is 12.8. The number of hydrogen-bond donors (Lipinski definition) is 1. The molecule has 3 aromatic rings. The fourth-order valence-electron chi connectivity index (χ4n) is 3.64. The highest BCUT2D eigenvalue weighted by Crippen LogP contribution is 2.26. The number of piperidine rings is 1. The molecular weight excluding hydrogens is 432 g/mol. The molecule has 168 valence electrons. The molecule has 1 amide bonds. The third-order valence-corrected chi connectivity index (χ3v) is 7.48. The smallest absolute Gasteiger partial charge is 0.322 e. The van der Waals surface area contributed by atoms with E-state index in [9.17, 15) is 13.2 Å². The van der Waals surface area contributed by atoms with E-state index in [0.717, 1.165) is 19.3 Å². The fourth-order valence-corrected chi connectivity index (χ4v) is 5.34. The Labute approximate surface area is 186 Å². The van der Waals surface area contributed by atoms with Gasteiger partial charge in [0.2, 0.25) is 15.9 Å². The molecule has 1 fully saturated rings. The van der Waals surface area contributed by atoms with Crippen LogP contribution in [0, 0.1) is 0 Å². The molecule has 0 spiro atoms. The lowest BCUT2D eigenvalue weighted by Crippen LogP contribution is -2.41. The standard InChI is InChI=1S/C22H24N4O5S/c1-15-5-3-4-14-26(15)32(28,29)19-12-8-16(9-13-19)20(27)23-22-25-24-21(31-22)17-6-10-18(30-2)11-7-17/h6-13,15H,3-5,14H2,1-2H3,(H,23,25,27). The zero-order valence-corrected chi connectivity index (χ0v) is 18.6. The molecule has 1 saturated heterocycles. The fraction of sp³-hybridized carbons (Fsp3) is 0.318. The van der Waals surface area contributed by atoms with Crippen molar-refractivity contribution in [1.29, 1.82) is 0 Å². The lowest BCUT2D eigenvalue weighted by Gasteiger charge is -2.32. The van der Waals surface area contributed by atoms with E-state index in [0.29, 0.717) is 17.9 Å². The highest BCUT2D eigenvalue weighted by molar-refractivity contribution is 7.89. The molecule has 2 aromatic carbocycles. The Morgan fingerprint density at radius 2 is 1.81 bits per heavy atom. The van der Waals surface area contributed by atoms with Gasteiger partial charge in [-0.05, 0) is 68.3 Å². The Balaban J connectivity index is 1.45. The monoisotopic (exact) mass is 456 g/mol. The topological polar surface area (TPSA) is 115 Å². The van der Waals surface area contributed by atoms with Crippen LogP contribution in [0.5, 0.6) is 5.75 Å². The number of nitrogens with zero attached hydrogens (tertiary/aromatic N) is 3. The molecule has 32 heavy (non-hydrogen) atoms. The maximum atomic E-state index is 12.9. The summed E-state index contributed by atoms with van der Waals surface area (Å²) in [5, 5.41) is 10.3. The van der Waals surface area contributed by atoms with Gasteiger partial charge in [-0.3, -0.25) is 10.1 Å². The largest absolute Gasteiger partial charge is 0.497 e. The summed E-state index contributed by atoms with van der Waals surface area (Å²) in [6.45, 7) is 2.43. The normalized spacial score (nSPS) is 17.1.